The Hall–Kier alpha value is -5.76. The number of carbonyl (C=O) groups excluding carboxylic acids is 1. The molecule has 2 aromatic carbocycles. The Morgan fingerprint density at radius 1 is 1.18 bits per heavy atom. The van der Waals surface area contributed by atoms with E-state index in [4.69, 9.17) is 12.6 Å². The van der Waals surface area contributed by atoms with E-state index in [1.807, 2.05) is 0 Å². The summed E-state index contributed by atoms with van der Waals surface area (Å²) in [4.78, 5) is 36.8. The van der Waals surface area contributed by atoms with E-state index in [-0.39, 0.29) is 33.8 Å². The third-order valence-electron chi connectivity index (χ3n) is 6.06. The Morgan fingerprint density at radius 2 is 2.00 bits per heavy atom. The molecule has 40 heavy (non-hydrogen) atoms. The van der Waals surface area contributed by atoms with Crippen LogP contribution < -0.4 is 16.6 Å². The van der Waals surface area contributed by atoms with Gasteiger partial charge in [0.2, 0.25) is 0 Å². The average Bonchev–Trinajstić information content (AvgIpc) is 3.60. The van der Waals surface area contributed by atoms with Crippen molar-refractivity contribution in [1.82, 2.24) is 39.2 Å². The molecule has 11 nitrogen and oxygen atoms in total. The molecule has 0 aliphatic carbocycles. The zero-order valence-corrected chi connectivity index (χ0v) is 21.2. The third-order valence-corrected chi connectivity index (χ3v) is 6.06. The number of anilines is 1. The third kappa shape index (κ3) is 4.33. The van der Waals surface area contributed by atoms with Gasteiger partial charge in [0.15, 0.2) is 11.5 Å². The summed E-state index contributed by atoms with van der Waals surface area (Å²) in [6.45, 7) is 1.54. The first-order chi connectivity index (χ1) is 21.5. The number of nitrogens with one attached hydrogen (secondary N) is 1. The number of nitrogen functional groups attached to an aromatic ring is 1. The summed E-state index contributed by atoms with van der Waals surface area (Å²) >= 11 is 0. The lowest BCUT2D eigenvalue weighted by Crippen LogP contribution is -2.33. The quantitative estimate of drug-likeness (QED) is 0.332. The van der Waals surface area contributed by atoms with Crippen LogP contribution in [0.2, 0.25) is 0 Å². The standard InChI is InChI=1S/C29H23N9O2/c1-18(33-28(39)24-25(30)35-37-15-7-14-31-27(24)37)26-34-22-11-6-8-20(13-12-19-16-32-36(2)17-19)23(22)29(40)38(26)21-9-4-3-5-10-21/h3-11,14-18H,1-2H3,(H2,30,35)(H,33,39)/i3D,4D,5D,9D,10D. The molecule has 0 bridgehead atoms. The monoisotopic (exact) mass is 534 g/mol. The van der Waals surface area contributed by atoms with E-state index in [0.29, 0.717) is 11.1 Å². The van der Waals surface area contributed by atoms with Gasteiger partial charge in [-0.2, -0.15) is 5.10 Å². The summed E-state index contributed by atoms with van der Waals surface area (Å²) in [5.41, 5.74) is 6.16. The molecule has 1 unspecified atom stereocenters. The summed E-state index contributed by atoms with van der Waals surface area (Å²) in [6.07, 6.45) is 6.33. The Bertz CT molecular complexity index is 2290. The highest BCUT2D eigenvalue weighted by molar-refractivity contribution is 6.04. The van der Waals surface area contributed by atoms with E-state index in [9.17, 15) is 9.59 Å². The molecule has 0 radical (unpaired) electrons. The van der Waals surface area contributed by atoms with Crippen LogP contribution in [-0.2, 0) is 7.05 Å². The van der Waals surface area contributed by atoms with Crippen LogP contribution in [0.1, 0.15) is 47.1 Å². The maximum absolute atomic E-state index is 14.4. The fourth-order valence-corrected chi connectivity index (χ4v) is 4.29. The second-order valence-corrected chi connectivity index (χ2v) is 8.78. The van der Waals surface area contributed by atoms with E-state index in [2.05, 4.69) is 37.3 Å². The predicted molar refractivity (Wildman–Crippen MR) is 150 cm³/mol. The largest absolute Gasteiger partial charge is 0.381 e. The second kappa shape index (κ2) is 9.85. The van der Waals surface area contributed by atoms with Crippen LogP contribution in [0, 0.1) is 11.8 Å². The lowest BCUT2D eigenvalue weighted by Gasteiger charge is -2.20. The van der Waals surface area contributed by atoms with Crippen molar-refractivity contribution in [2.45, 2.75) is 13.0 Å². The topological polar surface area (TPSA) is 138 Å². The van der Waals surface area contributed by atoms with Gasteiger partial charge in [0, 0.05) is 31.2 Å². The number of aryl methyl sites for hydroxylation is 1. The Labute approximate surface area is 234 Å². The molecule has 0 saturated carbocycles. The molecule has 4 aromatic heterocycles. The molecule has 1 amide bonds. The van der Waals surface area contributed by atoms with Crippen molar-refractivity contribution in [2.75, 3.05) is 5.73 Å². The van der Waals surface area contributed by atoms with Crippen molar-refractivity contribution in [1.29, 1.82) is 0 Å². The number of rotatable bonds is 4. The predicted octanol–water partition coefficient (Wildman–Crippen LogP) is 2.63. The van der Waals surface area contributed by atoms with Crippen LogP contribution in [0.5, 0.6) is 0 Å². The highest BCUT2D eigenvalue weighted by Gasteiger charge is 2.24. The number of fused-ring (bicyclic) bond motifs is 2. The minimum Gasteiger partial charge on any atom is -0.381 e. The fraction of sp³-hybridized carbons (Fsp3) is 0.103. The first-order valence-electron chi connectivity index (χ1n) is 14.5. The van der Waals surface area contributed by atoms with Crippen molar-refractivity contribution >= 4 is 28.3 Å². The first kappa shape index (κ1) is 19.3. The highest BCUT2D eigenvalue weighted by Crippen LogP contribution is 2.22. The minimum absolute atomic E-state index is 0.00657. The van der Waals surface area contributed by atoms with Gasteiger partial charge >= 0.3 is 0 Å². The van der Waals surface area contributed by atoms with Crippen LogP contribution in [0.4, 0.5) is 5.82 Å². The molecule has 0 fully saturated rings. The minimum atomic E-state index is -1.05. The Morgan fingerprint density at radius 3 is 2.77 bits per heavy atom. The molecule has 4 heterocycles. The van der Waals surface area contributed by atoms with E-state index < -0.39 is 53.4 Å². The fourth-order valence-electron chi connectivity index (χ4n) is 4.29. The van der Waals surface area contributed by atoms with Gasteiger partial charge in [-0.25, -0.2) is 14.5 Å². The summed E-state index contributed by atoms with van der Waals surface area (Å²) in [6, 6.07) is 2.28. The molecule has 196 valence electrons. The molecule has 0 saturated heterocycles. The van der Waals surface area contributed by atoms with Crippen LogP contribution >= 0.6 is 0 Å². The van der Waals surface area contributed by atoms with Crippen molar-refractivity contribution in [3.63, 3.8) is 0 Å². The number of nitrogens with two attached hydrogens (primary N) is 1. The van der Waals surface area contributed by atoms with Crippen LogP contribution in [0.15, 0.2) is 84.1 Å². The maximum atomic E-state index is 14.4. The van der Waals surface area contributed by atoms with Crippen molar-refractivity contribution in [3.05, 3.63) is 112 Å². The Balaban J connectivity index is 1.58. The molecular weight excluding hydrogens is 506 g/mol. The van der Waals surface area contributed by atoms with Gasteiger partial charge < -0.3 is 11.1 Å². The molecule has 0 aliphatic rings. The number of benzene rings is 2. The summed E-state index contributed by atoms with van der Waals surface area (Å²) in [5.74, 6) is 5.07. The number of carbonyl (C=O) groups is 1. The van der Waals surface area contributed by atoms with E-state index in [1.54, 1.807) is 61.5 Å². The van der Waals surface area contributed by atoms with Gasteiger partial charge in [-0.05, 0) is 37.2 Å². The Kier molecular flexibility index (Phi) is 4.76. The maximum Gasteiger partial charge on any atom is 0.267 e. The molecule has 11 heteroatoms. The summed E-state index contributed by atoms with van der Waals surface area (Å²) in [7, 11) is 1.74. The number of hydrogen-bond acceptors (Lipinski definition) is 7. The van der Waals surface area contributed by atoms with E-state index >= 15 is 0 Å². The van der Waals surface area contributed by atoms with Gasteiger partial charge in [-0.1, -0.05) is 36.0 Å². The SMILES string of the molecule is [2H]c1c([2H])c([2H])c(-n2c(C(C)NC(=O)c3c(N)nn4cccnc34)nc3cccc(C#Cc4cnn(C)c4)c3c2=O)c([2H])c1[2H]. The van der Waals surface area contributed by atoms with Crippen LogP contribution in [-0.4, -0.2) is 39.8 Å². The molecule has 0 spiro atoms. The molecule has 6 aromatic rings. The van der Waals surface area contributed by atoms with E-state index in [1.165, 1.54) is 10.7 Å². The average molecular weight is 535 g/mol. The van der Waals surface area contributed by atoms with Crippen LogP contribution in [0.25, 0.3) is 22.2 Å². The summed E-state index contributed by atoms with van der Waals surface area (Å²) < 4.78 is 45.6. The van der Waals surface area contributed by atoms with Crippen molar-refractivity contribution in [2.24, 2.45) is 7.05 Å². The number of nitrogens with zero attached hydrogens (tertiary/aromatic N) is 7. The molecule has 3 N–H and O–H groups in total. The van der Waals surface area contributed by atoms with Crippen LogP contribution in [0.3, 0.4) is 0 Å². The van der Waals surface area contributed by atoms with Gasteiger partial charge in [0.25, 0.3) is 11.5 Å². The number of aromatic nitrogens is 7. The number of para-hydroxylation sites is 1. The lowest BCUT2D eigenvalue weighted by molar-refractivity contribution is 0.0940. The highest BCUT2D eigenvalue weighted by atomic mass is 16.2. The molecular formula is C29H23N9O2. The van der Waals surface area contributed by atoms with Crippen molar-refractivity contribution < 1.29 is 11.6 Å². The smallest absolute Gasteiger partial charge is 0.267 e. The number of amides is 1. The zero-order valence-electron chi connectivity index (χ0n) is 26.2. The molecule has 0 aliphatic heterocycles. The normalized spacial score (nSPS) is 13.5. The van der Waals surface area contributed by atoms with Gasteiger partial charge in [0.05, 0.1) is 41.2 Å². The van der Waals surface area contributed by atoms with E-state index in [0.717, 1.165) is 4.57 Å². The molecule has 6 rings (SSSR count). The van der Waals surface area contributed by atoms with Gasteiger partial charge in [-0.3, -0.25) is 18.8 Å². The van der Waals surface area contributed by atoms with Gasteiger partial charge in [0.1, 0.15) is 11.4 Å². The second-order valence-electron chi connectivity index (χ2n) is 8.78. The zero-order chi connectivity index (χ0) is 32.2. The number of hydrogen-bond donors (Lipinski definition) is 2. The van der Waals surface area contributed by atoms with Gasteiger partial charge in [-0.15, -0.1) is 5.10 Å². The van der Waals surface area contributed by atoms with Crippen molar-refractivity contribution in [3.8, 4) is 17.5 Å². The summed E-state index contributed by atoms with van der Waals surface area (Å²) in [5, 5.41) is 11.0. The molecule has 1 atom stereocenters. The lowest BCUT2D eigenvalue weighted by atomic mass is 10.1. The first-order valence-corrected chi connectivity index (χ1v) is 12.0.